The largest absolute Gasteiger partial charge is 0.352 e. The minimum Gasteiger partial charge on any atom is -0.352 e. The number of guanidine groups is 1. The third-order valence-electron chi connectivity index (χ3n) is 6.73. The molecule has 1 spiro atoms. The third-order valence-corrected chi connectivity index (χ3v) is 6.73. The molecule has 3 fully saturated rings. The zero-order valence-electron chi connectivity index (χ0n) is 16.9. The summed E-state index contributed by atoms with van der Waals surface area (Å²) in [5.41, 5.74) is 2.60. The van der Waals surface area contributed by atoms with E-state index in [0.717, 1.165) is 49.7 Å². The highest BCUT2D eigenvalue weighted by Gasteiger charge is 2.41. The van der Waals surface area contributed by atoms with Gasteiger partial charge in [0.25, 0.3) is 0 Å². The molecule has 3 aliphatic rings. The highest BCUT2D eigenvalue weighted by molar-refractivity contribution is 14.0. The van der Waals surface area contributed by atoms with Crippen LogP contribution in [0.3, 0.4) is 0 Å². The second-order valence-corrected chi connectivity index (χ2v) is 8.60. The molecule has 4 rings (SSSR count). The van der Waals surface area contributed by atoms with Crippen molar-refractivity contribution in [3.05, 3.63) is 29.8 Å². The van der Waals surface area contributed by atoms with Crippen LogP contribution in [0.5, 0.6) is 0 Å². The number of carbonyl (C=O) groups is 1. The van der Waals surface area contributed by atoms with Gasteiger partial charge >= 0.3 is 0 Å². The maximum absolute atomic E-state index is 12.2. The summed E-state index contributed by atoms with van der Waals surface area (Å²) in [5, 5.41) is 6.59. The number of likely N-dealkylation sites (tertiary alicyclic amines) is 1. The number of halogens is 1. The van der Waals surface area contributed by atoms with Crippen LogP contribution in [0.25, 0.3) is 0 Å². The van der Waals surface area contributed by atoms with Gasteiger partial charge in [0.2, 0.25) is 5.91 Å². The van der Waals surface area contributed by atoms with E-state index < -0.39 is 0 Å². The van der Waals surface area contributed by atoms with Gasteiger partial charge in [-0.1, -0.05) is 31.4 Å². The van der Waals surface area contributed by atoms with E-state index in [1.54, 1.807) is 0 Å². The average Bonchev–Trinajstić information content (AvgIpc) is 3.25. The van der Waals surface area contributed by atoms with Crippen LogP contribution in [0, 0.1) is 11.3 Å². The van der Waals surface area contributed by atoms with Crippen molar-refractivity contribution in [2.24, 2.45) is 16.3 Å². The first-order chi connectivity index (χ1) is 13.2. The SMILES string of the molecule is CN=C(NCc1cccc(NC(=O)C2CCC2)c1)N1CCC2(CCCC2)C1.I. The lowest BCUT2D eigenvalue weighted by Crippen LogP contribution is -2.40. The molecule has 1 aromatic rings. The summed E-state index contributed by atoms with van der Waals surface area (Å²) in [6.45, 7) is 2.98. The van der Waals surface area contributed by atoms with E-state index in [1.165, 1.54) is 38.5 Å². The van der Waals surface area contributed by atoms with Gasteiger partial charge in [0.1, 0.15) is 0 Å². The molecular formula is C22H33IN4O. The summed E-state index contributed by atoms with van der Waals surface area (Å²) in [5.74, 6) is 1.38. The van der Waals surface area contributed by atoms with Crippen molar-refractivity contribution >= 4 is 41.5 Å². The van der Waals surface area contributed by atoms with Crippen molar-refractivity contribution in [2.45, 2.75) is 57.9 Å². The molecule has 1 heterocycles. The zero-order chi connectivity index (χ0) is 18.7. The fourth-order valence-electron chi connectivity index (χ4n) is 4.84. The predicted octanol–water partition coefficient (Wildman–Crippen LogP) is 4.38. The topological polar surface area (TPSA) is 56.7 Å². The number of nitrogens with one attached hydrogen (secondary N) is 2. The number of amides is 1. The molecule has 0 atom stereocenters. The van der Waals surface area contributed by atoms with Gasteiger partial charge in [-0.2, -0.15) is 0 Å². The van der Waals surface area contributed by atoms with E-state index in [0.29, 0.717) is 5.41 Å². The fourth-order valence-corrected chi connectivity index (χ4v) is 4.84. The first-order valence-corrected chi connectivity index (χ1v) is 10.5. The molecule has 2 N–H and O–H groups in total. The molecule has 2 saturated carbocycles. The number of aliphatic imine (C=N–C) groups is 1. The Morgan fingerprint density at radius 1 is 1.21 bits per heavy atom. The molecule has 154 valence electrons. The van der Waals surface area contributed by atoms with E-state index in [1.807, 2.05) is 19.2 Å². The summed E-state index contributed by atoms with van der Waals surface area (Å²) < 4.78 is 0. The van der Waals surface area contributed by atoms with Crippen molar-refractivity contribution < 1.29 is 4.79 Å². The lowest BCUT2D eigenvalue weighted by Gasteiger charge is -2.26. The van der Waals surface area contributed by atoms with Gasteiger partial charge in [-0.05, 0) is 55.2 Å². The van der Waals surface area contributed by atoms with Crippen molar-refractivity contribution in [3.63, 3.8) is 0 Å². The Balaban J connectivity index is 0.00000225. The Kier molecular flexibility index (Phi) is 7.23. The first kappa shape index (κ1) is 21.4. The smallest absolute Gasteiger partial charge is 0.227 e. The lowest BCUT2D eigenvalue weighted by atomic mass is 9.85. The third kappa shape index (κ3) is 4.81. The number of nitrogens with zero attached hydrogens (tertiary/aromatic N) is 2. The molecule has 0 radical (unpaired) electrons. The van der Waals surface area contributed by atoms with Crippen LogP contribution < -0.4 is 10.6 Å². The summed E-state index contributed by atoms with van der Waals surface area (Å²) in [6.07, 6.45) is 10.1. The number of rotatable bonds is 4. The van der Waals surface area contributed by atoms with Gasteiger partial charge in [-0.3, -0.25) is 9.79 Å². The Labute approximate surface area is 185 Å². The van der Waals surface area contributed by atoms with Crippen LogP contribution in [-0.4, -0.2) is 36.9 Å². The number of carbonyl (C=O) groups excluding carboxylic acids is 1. The van der Waals surface area contributed by atoms with Crippen molar-refractivity contribution in [2.75, 3.05) is 25.5 Å². The van der Waals surface area contributed by atoms with Crippen LogP contribution in [-0.2, 0) is 11.3 Å². The van der Waals surface area contributed by atoms with Gasteiger partial charge in [0, 0.05) is 38.3 Å². The summed E-state index contributed by atoms with van der Waals surface area (Å²) in [4.78, 5) is 19.1. The summed E-state index contributed by atoms with van der Waals surface area (Å²) in [7, 11) is 1.87. The molecule has 1 amide bonds. The van der Waals surface area contributed by atoms with Gasteiger partial charge in [0.15, 0.2) is 5.96 Å². The van der Waals surface area contributed by atoms with Gasteiger partial charge in [-0.25, -0.2) is 0 Å². The molecule has 1 aromatic carbocycles. The van der Waals surface area contributed by atoms with E-state index in [2.05, 4.69) is 32.7 Å². The van der Waals surface area contributed by atoms with E-state index >= 15 is 0 Å². The van der Waals surface area contributed by atoms with Crippen LogP contribution in [0.15, 0.2) is 29.3 Å². The maximum Gasteiger partial charge on any atom is 0.227 e. The number of hydrogen-bond donors (Lipinski definition) is 2. The molecule has 5 nitrogen and oxygen atoms in total. The number of hydrogen-bond acceptors (Lipinski definition) is 2. The highest BCUT2D eigenvalue weighted by atomic mass is 127. The Hall–Kier alpha value is -1.31. The number of benzene rings is 1. The Bertz CT molecular complexity index is 710. The van der Waals surface area contributed by atoms with Gasteiger partial charge < -0.3 is 15.5 Å². The highest BCUT2D eigenvalue weighted by Crippen LogP contribution is 2.45. The van der Waals surface area contributed by atoms with Gasteiger partial charge in [-0.15, -0.1) is 24.0 Å². The molecule has 28 heavy (non-hydrogen) atoms. The normalized spacial score (nSPS) is 21.3. The molecule has 2 aliphatic carbocycles. The first-order valence-electron chi connectivity index (χ1n) is 10.5. The lowest BCUT2D eigenvalue weighted by molar-refractivity contribution is -0.122. The maximum atomic E-state index is 12.2. The molecule has 1 aliphatic heterocycles. The molecule has 0 bridgehead atoms. The quantitative estimate of drug-likeness (QED) is 0.370. The van der Waals surface area contributed by atoms with Crippen molar-refractivity contribution in [3.8, 4) is 0 Å². The van der Waals surface area contributed by atoms with E-state index in [9.17, 15) is 4.79 Å². The van der Waals surface area contributed by atoms with Crippen molar-refractivity contribution in [1.29, 1.82) is 0 Å². The fraction of sp³-hybridized carbons (Fsp3) is 0.636. The standard InChI is InChI=1S/C22H32N4O.HI/c1-23-21(26-13-12-22(16-26)10-2-3-11-22)24-15-17-6-4-9-19(14-17)25-20(27)18-7-5-8-18;/h4,6,9,14,18H,2-3,5,7-8,10-13,15-16H2,1H3,(H,23,24)(H,25,27);1H. The number of anilines is 1. The predicted molar refractivity (Wildman–Crippen MR) is 125 cm³/mol. The monoisotopic (exact) mass is 496 g/mol. The Morgan fingerprint density at radius 2 is 2.00 bits per heavy atom. The molecule has 0 unspecified atom stereocenters. The van der Waals surface area contributed by atoms with Crippen LogP contribution in [0.1, 0.15) is 56.9 Å². The minimum atomic E-state index is 0. The van der Waals surface area contributed by atoms with Crippen LogP contribution in [0.4, 0.5) is 5.69 Å². The molecule has 1 saturated heterocycles. The summed E-state index contributed by atoms with van der Waals surface area (Å²) >= 11 is 0. The van der Waals surface area contributed by atoms with Crippen molar-refractivity contribution in [1.82, 2.24) is 10.2 Å². The molecule has 0 aromatic heterocycles. The van der Waals surface area contributed by atoms with Gasteiger partial charge in [0.05, 0.1) is 0 Å². The second-order valence-electron chi connectivity index (χ2n) is 8.60. The van der Waals surface area contributed by atoms with Crippen LogP contribution in [0.2, 0.25) is 0 Å². The Morgan fingerprint density at radius 3 is 2.68 bits per heavy atom. The van der Waals surface area contributed by atoms with E-state index in [-0.39, 0.29) is 35.8 Å². The van der Waals surface area contributed by atoms with E-state index in [4.69, 9.17) is 0 Å². The summed E-state index contributed by atoms with van der Waals surface area (Å²) in [6, 6.07) is 8.15. The minimum absolute atomic E-state index is 0. The average molecular weight is 496 g/mol. The second kappa shape index (κ2) is 9.46. The van der Waals surface area contributed by atoms with Crippen LogP contribution >= 0.6 is 24.0 Å². The molecular weight excluding hydrogens is 463 g/mol. The zero-order valence-corrected chi connectivity index (χ0v) is 19.2. The molecule has 6 heteroatoms.